The summed E-state index contributed by atoms with van der Waals surface area (Å²) in [5.41, 5.74) is 2.03. The third kappa shape index (κ3) is 4.01. The third-order valence-corrected chi connectivity index (χ3v) is 3.83. The summed E-state index contributed by atoms with van der Waals surface area (Å²) in [4.78, 5) is 12.0. The van der Waals surface area contributed by atoms with Gasteiger partial charge in [-0.05, 0) is 50.3 Å². The number of rotatable bonds is 5. The molecule has 1 aromatic rings. The molecule has 0 heterocycles. The molecule has 0 aromatic heterocycles. The van der Waals surface area contributed by atoms with Crippen LogP contribution in [0.5, 0.6) is 5.75 Å². The summed E-state index contributed by atoms with van der Waals surface area (Å²) in [7, 11) is 1.55. The molecular formula is C16H20ClNO2. The molecule has 4 heteroatoms. The van der Waals surface area contributed by atoms with E-state index >= 15 is 0 Å². The van der Waals surface area contributed by atoms with Crippen molar-refractivity contribution in [1.29, 1.82) is 0 Å². The molecule has 1 amide bonds. The van der Waals surface area contributed by atoms with Crippen LogP contribution in [0, 0.1) is 0 Å². The van der Waals surface area contributed by atoms with Crippen LogP contribution in [-0.2, 0) is 0 Å². The Hall–Kier alpha value is -1.48. The molecule has 0 atom stereocenters. The molecule has 1 aliphatic carbocycles. The Bertz CT molecular complexity index is 511. The standard InChI is InChI=1S/C16H20ClNO2/c1-20-15-8-7-13(11-14(15)17)16(19)18-10-9-12-5-3-2-4-6-12/h5,7-8,11H,2-4,6,9-10H2,1H3,(H,18,19). The lowest BCUT2D eigenvalue weighted by Crippen LogP contribution is -2.24. The van der Waals surface area contributed by atoms with Crippen LogP contribution in [0.2, 0.25) is 5.02 Å². The van der Waals surface area contributed by atoms with E-state index in [-0.39, 0.29) is 5.91 Å². The highest BCUT2D eigenvalue weighted by Gasteiger charge is 2.09. The van der Waals surface area contributed by atoms with Crippen LogP contribution in [0.4, 0.5) is 0 Å². The zero-order valence-corrected chi connectivity index (χ0v) is 12.5. The van der Waals surface area contributed by atoms with Gasteiger partial charge in [0.05, 0.1) is 12.1 Å². The smallest absolute Gasteiger partial charge is 0.251 e. The molecule has 0 saturated heterocycles. The summed E-state index contributed by atoms with van der Waals surface area (Å²) in [5.74, 6) is 0.488. The van der Waals surface area contributed by atoms with Crippen LogP contribution in [0.25, 0.3) is 0 Å². The maximum absolute atomic E-state index is 12.0. The highest BCUT2D eigenvalue weighted by Crippen LogP contribution is 2.25. The summed E-state index contributed by atoms with van der Waals surface area (Å²) in [6.07, 6.45) is 8.16. The molecule has 2 rings (SSSR count). The van der Waals surface area contributed by atoms with Crippen molar-refractivity contribution >= 4 is 17.5 Å². The molecule has 1 N–H and O–H groups in total. The van der Waals surface area contributed by atoms with Crippen molar-refractivity contribution in [2.75, 3.05) is 13.7 Å². The Labute approximate surface area is 125 Å². The Morgan fingerprint density at radius 3 is 2.90 bits per heavy atom. The summed E-state index contributed by atoms with van der Waals surface area (Å²) in [6.45, 7) is 0.675. The molecule has 1 aliphatic rings. The number of hydrogen-bond acceptors (Lipinski definition) is 2. The number of allylic oxidation sites excluding steroid dienone is 1. The highest BCUT2D eigenvalue weighted by atomic mass is 35.5. The van der Waals surface area contributed by atoms with E-state index in [0.29, 0.717) is 22.9 Å². The molecule has 0 saturated carbocycles. The van der Waals surface area contributed by atoms with Gasteiger partial charge in [0.2, 0.25) is 0 Å². The van der Waals surface area contributed by atoms with E-state index in [0.717, 1.165) is 6.42 Å². The van der Waals surface area contributed by atoms with Crippen LogP contribution in [0.3, 0.4) is 0 Å². The lowest BCUT2D eigenvalue weighted by Gasteiger charge is -2.13. The molecule has 0 radical (unpaired) electrons. The third-order valence-electron chi connectivity index (χ3n) is 3.53. The van der Waals surface area contributed by atoms with Gasteiger partial charge in [-0.15, -0.1) is 0 Å². The van der Waals surface area contributed by atoms with Crippen LogP contribution < -0.4 is 10.1 Å². The molecular weight excluding hydrogens is 274 g/mol. The lowest BCUT2D eigenvalue weighted by molar-refractivity contribution is 0.0954. The fraction of sp³-hybridized carbons (Fsp3) is 0.438. The second kappa shape index (κ2) is 7.34. The van der Waals surface area contributed by atoms with E-state index in [9.17, 15) is 4.79 Å². The van der Waals surface area contributed by atoms with Gasteiger partial charge in [-0.3, -0.25) is 4.79 Å². The molecule has 108 valence electrons. The number of halogens is 1. The first-order valence-electron chi connectivity index (χ1n) is 7.00. The Balaban J connectivity index is 1.85. The van der Waals surface area contributed by atoms with Gasteiger partial charge in [-0.25, -0.2) is 0 Å². The van der Waals surface area contributed by atoms with Crippen molar-refractivity contribution in [3.63, 3.8) is 0 Å². The molecule has 1 aromatic carbocycles. The highest BCUT2D eigenvalue weighted by molar-refractivity contribution is 6.32. The van der Waals surface area contributed by atoms with E-state index in [1.54, 1.807) is 25.3 Å². The summed E-state index contributed by atoms with van der Waals surface area (Å²) in [6, 6.07) is 5.07. The first kappa shape index (κ1) is 14.9. The minimum atomic E-state index is -0.0917. The molecule has 0 spiro atoms. The van der Waals surface area contributed by atoms with E-state index in [1.165, 1.54) is 31.3 Å². The number of methoxy groups -OCH3 is 1. The predicted octanol–water partition coefficient (Wildman–Crippen LogP) is 3.97. The number of carbonyl (C=O) groups is 1. The zero-order chi connectivity index (χ0) is 14.4. The lowest BCUT2D eigenvalue weighted by atomic mass is 9.97. The quantitative estimate of drug-likeness (QED) is 0.834. The van der Waals surface area contributed by atoms with Crippen molar-refractivity contribution < 1.29 is 9.53 Å². The molecule has 20 heavy (non-hydrogen) atoms. The van der Waals surface area contributed by atoms with Gasteiger partial charge in [0.1, 0.15) is 5.75 Å². The Kier molecular flexibility index (Phi) is 5.48. The average Bonchev–Trinajstić information content (AvgIpc) is 2.48. The Morgan fingerprint density at radius 2 is 2.25 bits per heavy atom. The van der Waals surface area contributed by atoms with Gasteiger partial charge >= 0.3 is 0 Å². The molecule has 0 unspecified atom stereocenters. The van der Waals surface area contributed by atoms with Crippen LogP contribution in [-0.4, -0.2) is 19.6 Å². The minimum absolute atomic E-state index is 0.0917. The molecule has 3 nitrogen and oxygen atoms in total. The number of benzene rings is 1. The van der Waals surface area contributed by atoms with E-state index < -0.39 is 0 Å². The number of amides is 1. The van der Waals surface area contributed by atoms with Crippen molar-refractivity contribution in [2.24, 2.45) is 0 Å². The molecule has 0 bridgehead atoms. The second-order valence-electron chi connectivity index (χ2n) is 4.96. The summed E-state index contributed by atoms with van der Waals surface area (Å²) >= 11 is 6.02. The SMILES string of the molecule is COc1ccc(C(=O)NCCC2=CCCCC2)cc1Cl. The second-order valence-corrected chi connectivity index (χ2v) is 5.37. The number of hydrogen-bond donors (Lipinski definition) is 1. The van der Waals surface area contributed by atoms with Crippen molar-refractivity contribution in [1.82, 2.24) is 5.32 Å². The normalized spacial score (nSPS) is 14.6. The monoisotopic (exact) mass is 293 g/mol. The van der Waals surface area contributed by atoms with Gasteiger partial charge < -0.3 is 10.1 Å². The molecule has 0 aliphatic heterocycles. The van der Waals surface area contributed by atoms with Crippen molar-refractivity contribution in [3.8, 4) is 5.75 Å². The number of ether oxygens (including phenoxy) is 1. The fourth-order valence-electron chi connectivity index (χ4n) is 2.38. The zero-order valence-electron chi connectivity index (χ0n) is 11.7. The van der Waals surface area contributed by atoms with Gasteiger partial charge in [0, 0.05) is 12.1 Å². The number of nitrogens with one attached hydrogen (secondary N) is 1. The summed E-state index contributed by atoms with van der Waals surface area (Å²) in [5, 5.41) is 3.39. The molecule has 0 fully saturated rings. The topological polar surface area (TPSA) is 38.3 Å². The van der Waals surface area contributed by atoms with Crippen LogP contribution in [0.15, 0.2) is 29.8 Å². The summed E-state index contributed by atoms with van der Waals surface area (Å²) < 4.78 is 5.07. The predicted molar refractivity (Wildman–Crippen MR) is 81.5 cm³/mol. The van der Waals surface area contributed by atoms with Gasteiger partial charge in [0.25, 0.3) is 5.91 Å². The minimum Gasteiger partial charge on any atom is -0.495 e. The van der Waals surface area contributed by atoms with E-state index in [2.05, 4.69) is 11.4 Å². The fourth-order valence-corrected chi connectivity index (χ4v) is 2.64. The van der Waals surface area contributed by atoms with Gasteiger partial charge in [-0.1, -0.05) is 23.3 Å². The van der Waals surface area contributed by atoms with Gasteiger partial charge in [-0.2, -0.15) is 0 Å². The van der Waals surface area contributed by atoms with Crippen LogP contribution in [0.1, 0.15) is 42.5 Å². The van der Waals surface area contributed by atoms with Crippen molar-refractivity contribution in [3.05, 3.63) is 40.4 Å². The van der Waals surface area contributed by atoms with Gasteiger partial charge in [0.15, 0.2) is 0 Å². The van der Waals surface area contributed by atoms with E-state index in [4.69, 9.17) is 16.3 Å². The van der Waals surface area contributed by atoms with Crippen molar-refractivity contribution in [2.45, 2.75) is 32.1 Å². The Morgan fingerprint density at radius 1 is 1.40 bits per heavy atom. The maximum Gasteiger partial charge on any atom is 0.251 e. The first-order chi connectivity index (χ1) is 9.70. The average molecular weight is 294 g/mol. The van der Waals surface area contributed by atoms with Crippen LogP contribution >= 0.6 is 11.6 Å². The largest absolute Gasteiger partial charge is 0.495 e. The van der Waals surface area contributed by atoms with E-state index in [1.807, 2.05) is 0 Å². The maximum atomic E-state index is 12.0. The first-order valence-corrected chi connectivity index (χ1v) is 7.38. The number of carbonyl (C=O) groups excluding carboxylic acids is 1.